The number of hydrogen-bond acceptors (Lipinski definition) is 8. The summed E-state index contributed by atoms with van der Waals surface area (Å²) in [5.41, 5.74) is 0. The number of unbranched alkanes of at least 4 members (excludes halogenated alkanes) is 6. The van der Waals surface area contributed by atoms with Crippen LogP contribution in [0.1, 0.15) is 58.3 Å². The summed E-state index contributed by atoms with van der Waals surface area (Å²) < 4.78 is 32.1. The second-order valence-corrected chi connectivity index (χ2v) is 7.42. The Balaban J connectivity index is 3.10. The lowest BCUT2D eigenvalue weighted by Crippen LogP contribution is -2.18. The van der Waals surface area contributed by atoms with Gasteiger partial charge in [0.2, 0.25) is 0 Å². The highest BCUT2D eigenvalue weighted by atomic mass is 16.6. The topological polar surface area (TPSA) is 95.8 Å². The average Bonchev–Trinajstić information content (AvgIpc) is 2.77. The Morgan fingerprint density at radius 1 is 0.516 bits per heavy atom. The van der Waals surface area contributed by atoms with Gasteiger partial charge in [0.25, 0.3) is 0 Å². The van der Waals surface area contributed by atoms with Crippen LogP contribution in [0.4, 0.5) is 0 Å². The molecule has 188 valence electrons. The molecule has 0 radical (unpaired) electrons. The molecule has 0 heterocycles. The van der Waals surface area contributed by atoms with Crippen LogP contribution in [0.5, 0.6) is 0 Å². The molecule has 0 aromatic carbocycles. The van der Waals surface area contributed by atoms with Crippen molar-refractivity contribution in [1.29, 1.82) is 0 Å². The first-order chi connectivity index (χ1) is 15.3. The number of aliphatic hydroxyl groups excluding tert-OH is 2. The summed E-state index contributed by atoms with van der Waals surface area (Å²) >= 11 is 0. The van der Waals surface area contributed by atoms with Crippen LogP contribution in [-0.2, 0) is 28.4 Å². The molecular weight excluding hydrogens is 404 g/mol. The number of ether oxygens (including phenoxy) is 6. The van der Waals surface area contributed by atoms with E-state index >= 15 is 0 Å². The molecule has 0 aliphatic rings. The zero-order valence-corrected chi connectivity index (χ0v) is 19.8. The van der Waals surface area contributed by atoms with E-state index in [2.05, 4.69) is 6.92 Å². The first kappa shape index (κ1) is 30.7. The van der Waals surface area contributed by atoms with Gasteiger partial charge in [-0.3, -0.25) is 0 Å². The van der Waals surface area contributed by atoms with E-state index < -0.39 is 0 Å². The lowest BCUT2D eigenvalue weighted by molar-refractivity contribution is -0.0251. The molecule has 0 amide bonds. The lowest BCUT2D eigenvalue weighted by atomic mass is 10.1. The third kappa shape index (κ3) is 27.6. The van der Waals surface area contributed by atoms with Crippen molar-refractivity contribution < 1.29 is 38.6 Å². The molecule has 0 aliphatic heterocycles. The quantitative estimate of drug-likeness (QED) is 0.184. The molecule has 0 aliphatic carbocycles. The zero-order chi connectivity index (χ0) is 22.7. The SMILES string of the molecule is CCCCCCCCCC(O)COCCOCCOCCOCCOCCOCCO. The molecule has 0 aromatic rings. The molecule has 31 heavy (non-hydrogen) atoms. The minimum atomic E-state index is -0.371. The van der Waals surface area contributed by atoms with Gasteiger partial charge in [-0.05, 0) is 6.42 Å². The molecule has 8 heteroatoms. The van der Waals surface area contributed by atoms with Gasteiger partial charge in [-0.15, -0.1) is 0 Å². The van der Waals surface area contributed by atoms with Crippen molar-refractivity contribution in [2.24, 2.45) is 0 Å². The first-order valence-electron chi connectivity index (χ1n) is 12.1. The molecular formula is C23H48O8. The van der Waals surface area contributed by atoms with Crippen LogP contribution < -0.4 is 0 Å². The van der Waals surface area contributed by atoms with Crippen molar-refractivity contribution >= 4 is 0 Å². The Labute approximate surface area is 189 Å². The summed E-state index contributed by atoms with van der Waals surface area (Å²) in [5, 5.41) is 18.4. The first-order valence-corrected chi connectivity index (χ1v) is 12.1. The summed E-state index contributed by atoms with van der Waals surface area (Å²) in [4.78, 5) is 0. The van der Waals surface area contributed by atoms with Crippen molar-refractivity contribution in [1.82, 2.24) is 0 Å². The van der Waals surface area contributed by atoms with Gasteiger partial charge in [-0.1, -0.05) is 51.9 Å². The molecule has 1 atom stereocenters. The predicted molar refractivity (Wildman–Crippen MR) is 121 cm³/mol. The fourth-order valence-electron chi connectivity index (χ4n) is 2.80. The number of aliphatic hydroxyl groups is 2. The average molecular weight is 453 g/mol. The van der Waals surface area contributed by atoms with Gasteiger partial charge in [-0.2, -0.15) is 0 Å². The molecule has 0 aromatic heterocycles. The van der Waals surface area contributed by atoms with Crippen LogP contribution in [0.2, 0.25) is 0 Å². The Morgan fingerprint density at radius 2 is 0.903 bits per heavy atom. The van der Waals surface area contributed by atoms with E-state index in [9.17, 15) is 5.11 Å². The summed E-state index contributed by atoms with van der Waals surface area (Å²) in [7, 11) is 0. The van der Waals surface area contributed by atoms with Crippen molar-refractivity contribution in [3.05, 3.63) is 0 Å². The molecule has 0 bridgehead atoms. The number of hydrogen-bond donors (Lipinski definition) is 2. The van der Waals surface area contributed by atoms with Gasteiger partial charge in [0.05, 0.1) is 92.0 Å². The maximum absolute atomic E-state index is 9.91. The molecule has 2 N–H and O–H groups in total. The molecule has 0 fully saturated rings. The largest absolute Gasteiger partial charge is 0.394 e. The summed E-state index contributed by atoms with van der Waals surface area (Å²) in [6.07, 6.45) is 9.25. The standard InChI is InChI=1S/C23H48O8/c1-2-3-4-5-6-7-8-9-23(25)22-31-21-20-30-19-18-29-17-16-28-15-14-27-13-12-26-11-10-24/h23-25H,2-22H2,1H3. The van der Waals surface area contributed by atoms with E-state index in [0.717, 1.165) is 12.8 Å². The van der Waals surface area contributed by atoms with Crippen LogP contribution in [0.25, 0.3) is 0 Å². The van der Waals surface area contributed by atoms with E-state index in [0.29, 0.717) is 79.3 Å². The van der Waals surface area contributed by atoms with Crippen LogP contribution >= 0.6 is 0 Å². The Bertz CT molecular complexity index is 320. The normalized spacial score (nSPS) is 12.5. The van der Waals surface area contributed by atoms with Crippen molar-refractivity contribution in [3.63, 3.8) is 0 Å². The second-order valence-electron chi connectivity index (χ2n) is 7.42. The van der Waals surface area contributed by atoms with Gasteiger partial charge in [0.15, 0.2) is 0 Å². The zero-order valence-electron chi connectivity index (χ0n) is 19.8. The predicted octanol–water partition coefficient (Wildman–Crippen LogP) is 2.58. The van der Waals surface area contributed by atoms with Crippen molar-refractivity contribution in [3.8, 4) is 0 Å². The molecule has 0 saturated carbocycles. The fraction of sp³-hybridized carbons (Fsp3) is 1.00. The molecule has 0 rings (SSSR count). The van der Waals surface area contributed by atoms with E-state index in [-0.39, 0.29) is 12.7 Å². The van der Waals surface area contributed by atoms with E-state index in [1.807, 2.05) is 0 Å². The summed E-state index contributed by atoms with van der Waals surface area (Å²) in [6.45, 7) is 8.06. The maximum Gasteiger partial charge on any atom is 0.0773 e. The van der Waals surface area contributed by atoms with E-state index in [1.54, 1.807) is 0 Å². The smallest absolute Gasteiger partial charge is 0.0773 e. The third-order valence-corrected chi connectivity index (χ3v) is 4.55. The highest BCUT2D eigenvalue weighted by Gasteiger charge is 2.04. The lowest BCUT2D eigenvalue weighted by Gasteiger charge is -2.11. The fourth-order valence-corrected chi connectivity index (χ4v) is 2.80. The minimum Gasteiger partial charge on any atom is -0.394 e. The Kier molecular flexibility index (Phi) is 27.4. The van der Waals surface area contributed by atoms with Gasteiger partial charge >= 0.3 is 0 Å². The van der Waals surface area contributed by atoms with Crippen LogP contribution in [0, 0.1) is 0 Å². The monoisotopic (exact) mass is 452 g/mol. The van der Waals surface area contributed by atoms with Gasteiger partial charge in [-0.25, -0.2) is 0 Å². The van der Waals surface area contributed by atoms with E-state index in [4.69, 9.17) is 33.5 Å². The van der Waals surface area contributed by atoms with Gasteiger partial charge in [0, 0.05) is 0 Å². The molecule has 1 unspecified atom stereocenters. The van der Waals surface area contributed by atoms with Crippen molar-refractivity contribution in [2.75, 3.05) is 85.9 Å². The van der Waals surface area contributed by atoms with Crippen LogP contribution in [-0.4, -0.2) is 102 Å². The maximum atomic E-state index is 9.91. The highest BCUT2D eigenvalue weighted by Crippen LogP contribution is 2.09. The Morgan fingerprint density at radius 3 is 1.35 bits per heavy atom. The third-order valence-electron chi connectivity index (χ3n) is 4.55. The molecule has 0 spiro atoms. The summed E-state index contributed by atoms with van der Waals surface area (Å²) in [5.74, 6) is 0. The summed E-state index contributed by atoms with van der Waals surface area (Å²) in [6, 6.07) is 0. The molecule has 0 saturated heterocycles. The second kappa shape index (κ2) is 27.7. The van der Waals surface area contributed by atoms with Gasteiger partial charge < -0.3 is 38.6 Å². The highest BCUT2D eigenvalue weighted by molar-refractivity contribution is 4.55. The van der Waals surface area contributed by atoms with Crippen LogP contribution in [0.15, 0.2) is 0 Å². The molecule has 8 nitrogen and oxygen atoms in total. The van der Waals surface area contributed by atoms with E-state index in [1.165, 1.54) is 38.5 Å². The van der Waals surface area contributed by atoms with Crippen LogP contribution in [0.3, 0.4) is 0 Å². The number of rotatable bonds is 27. The Hall–Kier alpha value is -0.320. The van der Waals surface area contributed by atoms with Gasteiger partial charge in [0.1, 0.15) is 0 Å². The minimum absolute atomic E-state index is 0.0332. The van der Waals surface area contributed by atoms with Crippen molar-refractivity contribution in [2.45, 2.75) is 64.4 Å².